The zero-order valence-corrected chi connectivity index (χ0v) is 8.50. The van der Waals surface area contributed by atoms with Crippen LogP contribution in [0.5, 0.6) is 0 Å². The Kier molecular flexibility index (Phi) is 2.58. The molecule has 2 rings (SSSR count). The van der Waals surface area contributed by atoms with Crippen LogP contribution in [0.1, 0.15) is 19.3 Å². The molecule has 3 heteroatoms. The van der Waals surface area contributed by atoms with E-state index in [4.69, 9.17) is 0 Å². The number of aliphatic hydroxyl groups is 1. The lowest BCUT2D eigenvalue weighted by Gasteiger charge is -2.43. The van der Waals surface area contributed by atoms with Gasteiger partial charge in [0, 0.05) is 32.7 Å². The zero-order chi connectivity index (χ0) is 9.31. The smallest absolute Gasteiger partial charge is 0.0774 e. The van der Waals surface area contributed by atoms with Crippen LogP contribution in [-0.2, 0) is 0 Å². The fourth-order valence-corrected chi connectivity index (χ4v) is 2.17. The third kappa shape index (κ3) is 2.22. The molecule has 1 aliphatic heterocycles. The van der Waals surface area contributed by atoms with E-state index in [0.29, 0.717) is 0 Å². The van der Waals surface area contributed by atoms with Crippen molar-refractivity contribution in [1.29, 1.82) is 0 Å². The number of hydrogen-bond acceptors (Lipinski definition) is 3. The van der Waals surface area contributed by atoms with Crippen molar-refractivity contribution in [3.63, 3.8) is 0 Å². The fourth-order valence-electron chi connectivity index (χ4n) is 2.17. The molecular weight excluding hydrogens is 164 g/mol. The molecule has 0 amide bonds. The lowest BCUT2D eigenvalue weighted by molar-refractivity contribution is -0.0645. The lowest BCUT2D eigenvalue weighted by Crippen LogP contribution is -2.53. The highest BCUT2D eigenvalue weighted by Gasteiger charge is 2.36. The Bertz CT molecular complexity index is 172. The summed E-state index contributed by atoms with van der Waals surface area (Å²) in [4.78, 5) is 4.75. The molecule has 0 aromatic carbocycles. The molecule has 1 N–H and O–H groups in total. The first-order valence-corrected chi connectivity index (χ1v) is 5.31. The van der Waals surface area contributed by atoms with Crippen LogP contribution in [0.25, 0.3) is 0 Å². The normalized spacial score (nSPS) is 30.0. The molecule has 0 aromatic rings. The maximum Gasteiger partial charge on any atom is 0.0774 e. The van der Waals surface area contributed by atoms with E-state index in [1.165, 1.54) is 6.42 Å². The van der Waals surface area contributed by atoms with E-state index in [0.717, 1.165) is 45.6 Å². The molecule has 3 nitrogen and oxygen atoms in total. The summed E-state index contributed by atoms with van der Waals surface area (Å²) < 4.78 is 0. The molecule has 0 aromatic heterocycles. The van der Waals surface area contributed by atoms with Crippen molar-refractivity contribution in [2.45, 2.75) is 24.9 Å². The largest absolute Gasteiger partial charge is 0.389 e. The average molecular weight is 184 g/mol. The van der Waals surface area contributed by atoms with Gasteiger partial charge >= 0.3 is 0 Å². The van der Waals surface area contributed by atoms with Gasteiger partial charge < -0.3 is 10.0 Å². The van der Waals surface area contributed by atoms with Gasteiger partial charge in [0.05, 0.1) is 5.60 Å². The van der Waals surface area contributed by atoms with Crippen LogP contribution in [0.4, 0.5) is 0 Å². The highest BCUT2D eigenvalue weighted by molar-refractivity contribution is 4.91. The Morgan fingerprint density at radius 3 is 2.23 bits per heavy atom. The molecule has 0 spiro atoms. The topological polar surface area (TPSA) is 26.7 Å². The molecule has 2 fully saturated rings. The standard InChI is InChI=1S/C10H20N2O/c1-11-5-7-12(8-6-11)9-10(13)3-2-4-10/h13H,2-9H2,1H3. The fraction of sp³-hybridized carbons (Fsp3) is 1.00. The van der Waals surface area contributed by atoms with Gasteiger partial charge in [-0.3, -0.25) is 4.90 Å². The molecule has 1 saturated heterocycles. The molecule has 0 unspecified atom stereocenters. The van der Waals surface area contributed by atoms with Crippen molar-refractivity contribution >= 4 is 0 Å². The van der Waals surface area contributed by atoms with E-state index in [1.807, 2.05) is 0 Å². The number of rotatable bonds is 2. The van der Waals surface area contributed by atoms with Gasteiger partial charge in [0.1, 0.15) is 0 Å². The van der Waals surface area contributed by atoms with E-state index in [2.05, 4.69) is 16.8 Å². The first-order valence-electron chi connectivity index (χ1n) is 5.31. The minimum absolute atomic E-state index is 0.324. The Hall–Kier alpha value is -0.120. The van der Waals surface area contributed by atoms with Gasteiger partial charge in [-0.15, -0.1) is 0 Å². The van der Waals surface area contributed by atoms with Gasteiger partial charge in [-0.2, -0.15) is 0 Å². The molecule has 2 aliphatic rings. The molecule has 0 bridgehead atoms. The number of likely N-dealkylation sites (N-methyl/N-ethyl adjacent to an activating group) is 1. The van der Waals surface area contributed by atoms with Crippen molar-refractivity contribution in [2.24, 2.45) is 0 Å². The Morgan fingerprint density at radius 1 is 1.15 bits per heavy atom. The summed E-state index contributed by atoms with van der Waals surface area (Å²) in [6.45, 7) is 5.45. The highest BCUT2D eigenvalue weighted by atomic mass is 16.3. The summed E-state index contributed by atoms with van der Waals surface area (Å²) in [6.07, 6.45) is 3.24. The van der Waals surface area contributed by atoms with Gasteiger partial charge in [-0.1, -0.05) is 0 Å². The van der Waals surface area contributed by atoms with Crippen LogP contribution in [0.2, 0.25) is 0 Å². The van der Waals surface area contributed by atoms with Gasteiger partial charge in [0.2, 0.25) is 0 Å². The van der Waals surface area contributed by atoms with Crippen LogP contribution in [0, 0.1) is 0 Å². The Balaban J connectivity index is 1.76. The number of β-amino-alcohol motifs (C(OH)–C–C–N with tert-alkyl or cyclic N) is 1. The van der Waals surface area contributed by atoms with E-state index in [9.17, 15) is 5.11 Å². The van der Waals surface area contributed by atoms with Crippen LogP contribution in [0.3, 0.4) is 0 Å². The SMILES string of the molecule is CN1CCN(CC2(O)CCC2)CC1. The molecule has 0 atom stereocenters. The van der Waals surface area contributed by atoms with Crippen LogP contribution in [-0.4, -0.2) is 60.3 Å². The summed E-state index contributed by atoms with van der Waals surface area (Å²) in [5, 5.41) is 9.97. The second-order valence-electron chi connectivity index (χ2n) is 4.66. The van der Waals surface area contributed by atoms with Crippen molar-refractivity contribution in [1.82, 2.24) is 9.80 Å². The van der Waals surface area contributed by atoms with E-state index in [-0.39, 0.29) is 5.60 Å². The van der Waals surface area contributed by atoms with Gasteiger partial charge in [-0.05, 0) is 26.3 Å². The summed E-state index contributed by atoms with van der Waals surface area (Å²) >= 11 is 0. The summed E-state index contributed by atoms with van der Waals surface area (Å²) in [5.74, 6) is 0. The Morgan fingerprint density at radius 2 is 1.77 bits per heavy atom. The van der Waals surface area contributed by atoms with Crippen molar-refractivity contribution in [3.8, 4) is 0 Å². The summed E-state index contributed by atoms with van der Waals surface area (Å²) in [6, 6.07) is 0. The predicted octanol–water partition coefficient (Wildman–Crippen LogP) is 0.149. The van der Waals surface area contributed by atoms with E-state index in [1.54, 1.807) is 0 Å². The van der Waals surface area contributed by atoms with Gasteiger partial charge in [-0.25, -0.2) is 0 Å². The van der Waals surface area contributed by atoms with Crippen molar-refractivity contribution in [3.05, 3.63) is 0 Å². The number of piperazine rings is 1. The number of hydrogen-bond donors (Lipinski definition) is 1. The maximum absolute atomic E-state index is 9.97. The monoisotopic (exact) mass is 184 g/mol. The van der Waals surface area contributed by atoms with Crippen LogP contribution in [0.15, 0.2) is 0 Å². The van der Waals surface area contributed by atoms with Crippen LogP contribution < -0.4 is 0 Å². The molecular formula is C10H20N2O. The minimum Gasteiger partial charge on any atom is -0.389 e. The van der Waals surface area contributed by atoms with Crippen molar-refractivity contribution < 1.29 is 5.11 Å². The minimum atomic E-state index is -0.324. The van der Waals surface area contributed by atoms with E-state index < -0.39 is 0 Å². The predicted molar refractivity (Wildman–Crippen MR) is 52.7 cm³/mol. The third-order valence-corrected chi connectivity index (χ3v) is 3.40. The van der Waals surface area contributed by atoms with Gasteiger partial charge in [0.25, 0.3) is 0 Å². The quantitative estimate of drug-likeness (QED) is 0.662. The zero-order valence-electron chi connectivity index (χ0n) is 8.50. The van der Waals surface area contributed by atoms with Crippen molar-refractivity contribution in [2.75, 3.05) is 39.8 Å². The van der Waals surface area contributed by atoms with E-state index >= 15 is 0 Å². The number of nitrogens with zero attached hydrogens (tertiary/aromatic N) is 2. The lowest BCUT2D eigenvalue weighted by atomic mass is 9.80. The second kappa shape index (κ2) is 3.56. The third-order valence-electron chi connectivity index (χ3n) is 3.40. The first kappa shape index (κ1) is 9.44. The average Bonchev–Trinajstić information content (AvgIpc) is 2.06. The Labute approximate surface area is 80.3 Å². The molecule has 1 aliphatic carbocycles. The first-order chi connectivity index (χ1) is 6.18. The van der Waals surface area contributed by atoms with Crippen LogP contribution >= 0.6 is 0 Å². The molecule has 13 heavy (non-hydrogen) atoms. The van der Waals surface area contributed by atoms with Gasteiger partial charge in [0.15, 0.2) is 0 Å². The summed E-state index contributed by atoms with van der Waals surface area (Å²) in [5.41, 5.74) is -0.324. The second-order valence-corrected chi connectivity index (χ2v) is 4.66. The molecule has 1 saturated carbocycles. The molecule has 76 valence electrons. The molecule has 0 radical (unpaired) electrons. The summed E-state index contributed by atoms with van der Waals surface area (Å²) in [7, 11) is 2.16. The maximum atomic E-state index is 9.97. The highest BCUT2D eigenvalue weighted by Crippen LogP contribution is 2.32. The molecule has 1 heterocycles.